The molecule has 1 aromatic heterocycles. The van der Waals surface area contributed by atoms with E-state index < -0.39 is 5.54 Å². The molecule has 2 aromatic rings. The van der Waals surface area contributed by atoms with Crippen LogP contribution in [0.2, 0.25) is 5.02 Å². The Morgan fingerprint density at radius 1 is 1.33 bits per heavy atom. The van der Waals surface area contributed by atoms with Crippen molar-refractivity contribution >= 4 is 29.1 Å². The zero-order valence-corrected chi connectivity index (χ0v) is 17.1. The van der Waals surface area contributed by atoms with Crippen LogP contribution in [0.4, 0.5) is 11.6 Å². The second kappa shape index (κ2) is 9.26. The van der Waals surface area contributed by atoms with Crippen LogP contribution in [0, 0.1) is 11.3 Å². The maximum Gasteiger partial charge on any atom is 0.240 e. The number of halogens is 1. The van der Waals surface area contributed by atoms with Crippen molar-refractivity contribution in [3.63, 3.8) is 0 Å². The van der Waals surface area contributed by atoms with Crippen molar-refractivity contribution in [3.05, 3.63) is 46.7 Å². The molecule has 0 radical (unpaired) electrons. The number of anilines is 2. The van der Waals surface area contributed by atoms with E-state index in [9.17, 15) is 15.2 Å². The molecule has 0 spiro atoms. The number of hydrogen-bond donors (Lipinski definition) is 4. The number of carbonyl (C=O) groups excluding carboxylic acids is 1. The van der Waals surface area contributed by atoms with E-state index >= 15 is 0 Å². The molecule has 1 aromatic carbocycles. The fourth-order valence-electron chi connectivity index (χ4n) is 3.53. The molecule has 9 nitrogen and oxygen atoms in total. The molecule has 1 amide bonds. The minimum Gasteiger partial charge on any atom is -0.396 e. The smallest absolute Gasteiger partial charge is 0.240 e. The van der Waals surface area contributed by atoms with Gasteiger partial charge in [-0.2, -0.15) is 5.26 Å². The predicted molar refractivity (Wildman–Crippen MR) is 114 cm³/mol. The van der Waals surface area contributed by atoms with Crippen molar-refractivity contribution in [2.75, 3.05) is 30.3 Å². The Morgan fingerprint density at radius 3 is 2.60 bits per heavy atom. The molecule has 6 N–H and O–H groups in total. The van der Waals surface area contributed by atoms with Crippen LogP contribution in [0.3, 0.4) is 0 Å². The van der Waals surface area contributed by atoms with Crippen LogP contribution in [-0.2, 0) is 4.79 Å². The van der Waals surface area contributed by atoms with Crippen LogP contribution in [0.15, 0.2) is 30.6 Å². The molecular formula is C20H24ClN7O2. The van der Waals surface area contributed by atoms with E-state index in [4.69, 9.17) is 23.1 Å². The highest BCUT2D eigenvalue weighted by Crippen LogP contribution is 2.28. The highest BCUT2D eigenvalue weighted by Gasteiger charge is 2.39. The molecule has 10 heteroatoms. The van der Waals surface area contributed by atoms with Crippen molar-refractivity contribution in [3.8, 4) is 6.07 Å². The van der Waals surface area contributed by atoms with Gasteiger partial charge in [-0.05, 0) is 37.0 Å². The van der Waals surface area contributed by atoms with Gasteiger partial charge in [0, 0.05) is 24.7 Å². The molecule has 0 bridgehead atoms. The van der Waals surface area contributed by atoms with Gasteiger partial charge in [0.25, 0.3) is 0 Å². The summed E-state index contributed by atoms with van der Waals surface area (Å²) < 4.78 is 0. The van der Waals surface area contributed by atoms with E-state index in [1.807, 2.05) is 23.1 Å². The number of nitrogens with one attached hydrogen (secondary N) is 1. The average molecular weight is 430 g/mol. The first kappa shape index (κ1) is 21.8. The molecule has 0 aliphatic carbocycles. The lowest BCUT2D eigenvalue weighted by molar-refractivity contribution is -0.128. The van der Waals surface area contributed by atoms with Crippen LogP contribution in [0.25, 0.3) is 0 Å². The first-order valence-corrected chi connectivity index (χ1v) is 9.97. The Kier molecular flexibility index (Phi) is 6.72. The highest BCUT2D eigenvalue weighted by molar-refractivity contribution is 6.30. The van der Waals surface area contributed by atoms with E-state index in [0.717, 1.165) is 5.56 Å². The summed E-state index contributed by atoms with van der Waals surface area (Å²) in [5.41, 5.74) is 12.2. The molecule has 1 atom stereocenters. The van der Waals surface area contributed by atoms with Gasteiger partial charge in [0.05, 0.1) is 11.6 Å². The molecule has 1 fully saturated rings. The highest BCUT2D eigenvalue weighted by atomic mass is 35.5. The number of benzene rings is 1. The van der Waals surface area contributed by atoms with Gasteiger partial charge in [0.2, 0.25) is 5.91 Å². The summed E-state index contributed by atoms with van der Waals surface area (Å²) in [6, 6.07) is 8.78. The van der Waals surface area contributed by atoms with Crippen LogP contribution in [0.1, 0.15) is 36.4 Å². The first-order chi connectivity index (χ1) is 14.4. The van der Waals surface area contributed by atoms with E-state index in [1.165, 1.54) is 6.33 Å². The van der Waals surface area contributed by atoms with E-state index in [2.05, 4.69) is 15.3 Å². The number of aliphatic hydroxyl groups is 1. The summed E-state index contributed by atoms with van der Waals surface area (Å²) >= 11 is 5.94. The Bertz CT molecular complexity index is 937. The molecule has 1 aliphatic rings. The molecule has 158 valence electrons. The number of carbonyl (C=O) groups is 1. The standard InChI is InChI=1S/C20H24ClN7O2/c21-14-3-1-13(2-4-14)16(5-10-29)27-19(30)20(24)6-8-28(9-7-20)18-15(11-22)17(23)25-12-26-18/h1-4,12,16,29H,5-10,24H2,(H,27,30)(H2,23,25,26). The van der Waals surface area contributed by atoms with Crippen molar-refractivity contribution in [1.82, 2.24) is 15.3 Å². The second-order valence-corrected chi connectivity index (χ2v) is 7.74. The SMILES string of the molecule is N#Cc1c(N)ncnc1N1CCC(N)(C(=O)NC(CCO)c2ccc(Cl)cc2)CC1. The average Bonchev–Trinajstić information content (AvgIpc) is 2.74. The topological polar surface area (TPSA) is 154 Å². The molecule has 1 unspecified atom stereocenters. The zero-order valence-electron chi connectivity index (χ0n) is 16.4. The summed E-state index contributed by atoms with van der Waals surface area (Å²) in [6.07, 6.45) is 2.43. The van der Waals surface area contributed by atoms with Gasteiger partial charge < -0.3 is 26.8 Å². The van der Waals surface area contributed by atoms with Crippen LogP contribution in [0.5, 0.6) is 0 Å². The fourth-order valence-corrected chi connectivity index (χ4v) is 3.66. The summed E-state index contributed by atoms with van der Waals surface area (Å²) in [5.74, 6) is 0.296. The Balaban J connectivity index is 1.69. The van der Waals surface area contributed by atoms with Crippen molar-refractivity contribution in [2.24, 2.45) is 5.73 Å². The lowest BCUT2D eigenvalue weighted by Gasteiger charge is -2.39. The Morgan fingerprint density at radius 2 is 2.00 bits per heavy atom. The van der Waals surface area contributed by atoms with E-state index in [0.29, 0.717) is 43.2 Å². The molecule has 1 aliphatic heterocycles. The number of nitriles is 1. The van der Waals surface area contributed by atoms with Crippen molar-refractivity contribution in [1.29, 1.82) is 5.26 Å². The molecule has 1 saturated heterocycles. The van der Waals surface area contributed by atoms with Gasteiger partial charge in [-0.3, -0.25) is 4.79 Å². The third-order valence-electron chi connectivity index (χ3n) is 5.37. The van der Waals surface area contributed by atoms with E-state index in [1.54, 1.807) is 12.1 Å². The number of aromatic nitrogens is 2. The van der Waals surface area contributed by atoms with Gasteiger partial charge in [0.15, 0.2) is 5.82 Å². The number of piperidine rings is 1. The first-order valence-electron chi connectivity index (χ1n) is 9.59. The molecule has 30 heavy (non-hydrogen) atoms. The third-order valence-corrected chi connectivity index (χ3v) is 5.62. The molecule has 2 heterocycles. The number of aliphatic hydroxyl groups excluding tert-OH is 1. The van der Waals surface area contributed by atoms with Crippen LogP contribution < -0.4 is 21.7 Å². The Labute approximate surface area is 179 Å². The van der Waals surface area contributed by atoms with Gasteiger partial charge in [-0.25, -0.2) is 9.97 Å². The lowest BCUT2D eigenvalue weighted by Crippen LogP contribution is -2.60. The lowest BCUT2D eigenvalue weighted by atomic mass is 9.86. The Hall–Kier alpha value is -2.93. The summed E-state index contributed by atoms with van der Waals surface area (Å²) in [4.78, 5) is 22.9. The monoisotopic (exact) mass is 429 g/mol. The minimum atomic E-state index is -1.07. The molecule has 0 saturated carbocycles. The quantitative estimate of drug-likeness (QED) is 0.532. The summed E-state index contributed by atoms with van der Waals surface area (Å²) in [6.45, 7) is 0.812. The van der Waals surface area contributed by atoms with Crippen molar-refractivity contribution < 1.29 is 9.90 Å². The van der Waals surface area contributed by atoms with Crippen molar-refractivity contribution in [2.45, 2.75) is 30.8 Å². The number of rotatable bonds is 6. The summed E-state index contributed by atoms with van der Waals surface area (Å²) in [5, 5.41) is 22.3. The maximum atomic E-state index is 13.0. The van der Waals surface area contributed by atoms with Crippen LogP contribution in [-0.4, -0.2) is 46.2 Å². The second-order valence-electron chi connectivity index (χ2n) is 7.30. The fraction of sp³-hybridized carbons (Fsp3) is 0.400. The normalized spacial score (nSPS) is 16.5. The van der Waals surface area contributed by atoms with Gasteiger partial charge >= 0.3 is 0 Å². The number of hydrogen-bond acceptors (Lipinski definition) is 8. The van der Waals surface area contributed by atoms with E-state index in [-0.39, 0.29) is 29.9 Å². The number of nitrogen functional groups attached to an aromatic ring is 1. The largest absolute Gasteiger partial charge is 0.396 e. The van der Waals surface area contributed by atoms with Gasteiger partial charge in [-0.1, -0.05) is 23.7 Å². The van der Waals surface area contributed by atoms with Gasteiger partial charge in [-0.15, -0.1) is 0 Å². The maximum absolute atomic E-state index is 13.0. The van der Waals surface area contributed by atoms with Gasteiger partial charge in [0.1, 0.15) is 23.8 Å². The molecule has 3 rings (SSSR count). The van der Waals surface area contributed by atoms with Crippen LogP contribution >= 0.6 is 11.6 Å². The number of nitrogens with zero attached hydrogens (tertiary/aromatic N) is 4. The summed E-state index contributed by atoms with van der Waals surface area (Å²) in [7, 11) is 0. The zero-order chi connectivity index (χ0) is 21.7. The minimum absolute atomic E-state index is 0.0784. The third kappa shape index (κ3) is 4.62. The predicted octanol–water partition coefficient (Wildman–Crippen LogP) is 1.12. The molecular weight excluding hydrogens is 406 g/mol. The number of amides is 1. The number of nitrogens with two attached hydrogens (primary N) is 2.